The molecule has 3 rings (SSSR count). The van der Waals surface area contributed by atoms with Crippen LogP contribution in [0.3, 0.4) is 0 Å². The van der Waals surface area contributed by atoms with Gasteiger partial charge in [-0.25, -0.2) is 0 Å². The average Bonchev–Trinajstić information content (AvgIpc) is 3.08. The number of likely N-dealkylation sites (N-methyl/N-ethyl adjacent to an activating group) is 1. The van der Waals surface area contributed by atoms with Crippen LogP contribution in [0.25, 0.3) is 11.0 Å². The molecule has 18 heavy (non-hydrogen) atoms. The highest BCUT2D eigenvalue weighted by Gasteiger charge is 2.25. The van der Waals surface area contributed by atoms with Crippen molar-refractivity contribution in [1.29, 1.82) is 0 Å². The van der Waals surface area contributed by atoms with E-state index in [1.807, 2.05) is 0 Å². The molecule has 0 saturated heterocycles. The lowest BCUT2D eigenvalue weighted by atomic mass is 10.4. The van der Waals surface area contributed by atoms with E-state index in [0.29, 0.717) is 18.1 Å². The van der Waals surface area contributed by atoms with Gasteiger partial charge in [-0.2, -0.15) is 15.1 Å². The van der Waals surface area contributed by atoms with Crippen LogP contribution in [0.1, 0.15) is 12.8 Å². The van der Waals surface area contributed by atoms with E-state index < -0.39 is 0 Å². The quantitative estimate of drug-likeness (QED) is 0.796. The summed E-state index contributed by atoms with van der Waals surface area (Å²) in [6.07, 6.45) is 4.24. The number of aromatic nitrogens is 4. The van der Waals surface area contributed by atoms with E-state index in [2.05, 4.69) is 32.1 Å². The fourth-order valence-electron chi connectivity index (χ4n) is 1.92. The highest BCUT2D eigenvalue weighted by Crippen LogP contribution is 2.25. The number of anilines is 1. The maximum absolute atomic E-state index is 5.67. The number of aromatic amines is 1. The zero-order chi connectivity index (χ0) is 12.5. The Kier molecular flexibility index (Phi) is 2.75. The number of nitrogens with one attached hydrogen (secondary N) is 1. The molecule has 0 atom stereocenters. The van der Waals surface area contributed by atoms with Gasteiger partial charge in [-0.3, -0.25) is 5.10 Å². The summed E-state index contributed by atoms with van der Waals surface area (Å²) < 4.78 is 5.67. The molecule has 7 nitrogen and oxygen atoms in total. The molecule has 0 aromatic carbocycles. The maximum atomic E-state index is 5.67. The van der Waals surface area contributed by atoms with Gasteiger partial charge in [0.05, 0.1) is 6.20 Å². The Morgan fingerprint density at radius 2 is 2.33 bits per heavy atom. The lowest BCUT2D eigenvalue weighted by Crippen LogP contribution is -2.26. The zero-order valence-electron chi connectivity index (χ0n) is 10.3. The van der Waals surface area contributed by atoms with Gasteiger partial charge in [-0.1, -0.05) is 0 Å². The van der Waals surface area contributed by atoms with Crippen molar-refractivity contribution >= 4 is 17.0 Å². The van der Waals surface area contributed by atoms with Crippen LogP contribution < -0.4 is 10.5 Å². The first-order valence-corrected chi connectivity index (χ1v) is 6.03. The summed E-state index contributed by atoms with van der Waals surface area (Å²) in [5.41, 5.74) is 6.22. The van der Waals surface area contributed by atoms with Crippen LogP contribution in [0, 0.1) is 0 Å². The van der Waals surface area contributed by atoms with Gasteiger partial charge in [-0.05, 0) is 19.9 Å². The van der Waals surface area contributed by atoms with Gasteiger partial charge < -0.3 is 15.4 Å². The first kappa shape index (κ1) is 11.2. The minimum atomic E-state index is 0.192. The van der Waals surface area contributed by atoms with Gasteiger partial charge in [0, 0.05) is 12.6 Å². The van der Waals surface area contributed by atoms with Gasteiger partial charge in [0.25, 0.3) is 0 Å². The Balaban J connectivity index is 1.67. The van der Waals surface area contributed by atoms with Crippen LogP contribution >= 0.6 is 0 Å². The van der Waals surface area contributed by atoms with E-state index in [0.717, 1.165) is 18.0 Å². The SMILES string of the molecule is CN(CCOc1nc(N)nc2[nH]ncc12)C1CC1. The maximum Gasteiger partial charge on any atom is 0.229 e. The fourth-order valence-corrected chi connectivity index (χ4v) is 1.92. The predicted octanol–water partition coefficient (Wildman–Crippen LogP) is 0.408. The first-order valence-electron chi connectivity index (χ1n) is 6.03. The van der Waals surface area contributed by atoms with Crippen LogP contribution in [0.15, 0.2) is 6.20 Å². The molecule has 2 aromatic rings. The Labute approximate surface area is 104 Å². The lowest BCUT2D eigenvalue weighted by Gasteiger charge is -2.15. The fraction of sp³-hybridized carbons (Fsp3) is 0.545. The number of fused-ring (bicyclic) bond motifs is 1. The predicted molar refractivity (Wildman–Crippen MR) is 67.2 cm³/mol. The van der Waals surface area contributed by atoms with Crippen LogP contribution in [-0.2, 0) is 0 Å². The van der Waals surface area contributed by atoms with E-state index >= 15 is 0 Å². The summed E-state index contributed by atoms with van der Waals surface area (Å²) in [6, 6.07) is 0.734. The van der Waals surface area contributed by atoms with E-state index in [9.17, 15) is 0 Å². The smallest absolute Gasteiger partial charge is 0.229 e. The summed E-state index contributed by atoms with van der Waals surface area (Å²) in [7, 11) is 2.11. The standard InChI is InChI=1S/C11H16N6O/c1-17(7-2-3-7)4-5-18-10-8-6-13-16-9(8)14-11(12)15-10/h6-7H,2-5H2,1H3,(H3,12,13,14,15,16). The molecule has 0 spiro atoms. The minimum Gasteiger partial charge on any atom is -0.476 e. The van der Waals surface area contributed by atoms with Crippen molar-refractivity contribution in [2.75, 3.05) is 25.9 Å². The van der Waals surface area contributed by atoms with Gasteiger partial charge in [0.1, 0.15) is 12.0 Å². The molecule has 0 bridgehead atoms. The summed E-state index contributed by atoms with van der Waals surface area (Å²) in [4.78, 5) is 10.4. The molecule has 0 unspecified atom stereocenters. The molecule has 0 aliphatic heterocycles. The van der Waals surface area contributed by atoms with Crippen molar-refractivity contribution in [3.8, 4) is 5.88 Å². The minimum absolute atomic E-state index is 0.192. The molecule has 1 aliphatic rings. The molecular formula is C11H16N6O. The molecule has 1 fully saturated rings. The number of nitrogens with two attached hydrogens (primary N) is 1. The summed E-state index contributed by atoms with van der Waals surface area (Å²) in [5, 5.41) is 7.43. The first-order chi connectivity index (χ1) is 8.74. The van der Waals surface area contributed by atoms with Crippen molar-refractivity contribution in [2.45, 2.75) is 18.9 Å². The molecule has 1 aliphatic carbocycles. The van der Waals surface area contributed by atoms with Crippen molar-refractivity contribution in [3.63, 3.8) is 0 Å². The highest BCUT2D eigenvalue weighted by molar-refractivity contribution is 5.80. The Morgan fingerprint density at radius 1 is 1.50 bits per heavy atom. The van der Waals surface area contributed by atoms with Gasteiger partial charge in [-0.15, -0.1) is 0 Å². The van der Waals surface area contributed by atoms with Crippen molar-refractivity contribution in [1.82, 2.24) is 25.1 Å². The van der Waals surface area contributed by atoms with Gasteiger partial charge >= 0.3 is 0 Å². The number of hydrogen-bond donors (Lipinski definition) is 2. The number of H-pyrrole nitrogens is 1. The van der Waals surface area contributed by atoms with Crippen molar-refractivity contribution in [3.05, 3.63) is 6.20 Å². The van der Waals surface area contributed by atoms with Crippen molar-refractivity contribution in [2.24, 2.45) is 0 Å². The van der Waals surface area contributed by atoms with E-state index in [4.69, 9.17) is 10.5 Å². The lowest BCUT2D eigenvalue weighted by molar-refractivity contribution is 0.228. The van der Waals surface area contributed by atoms with E-state index in [-0.39, 0.29) is 5.95 Å². The Bertz CT molecular complexity index is 549. The number of hydrogen-bond acceptors (Lipinski definition) is 6. The molecule has 1 saturated carbocycles. The average molecular weight is 248 g/mol. The molecular weight excluding hydrogens is 232 g/mol. The molecule has 2 aromatic heterocycles. The van der Waals surface area contributed by atoms with Crippen LogP contribution in [0.2, 0.25) is 0 Å². The second kappa shape index (κ2) is 4.41. The molecule has 2 heterocycles. The molecule has 3 N–H and O–H groups in total. The number of nitrogen functional groups attached to an aromatic ring is 1. The molecule has 0 radical (unpaired) electrons. The molecule has 7 heteroatoms. The molecule has 96 valence electrons. The van der Waals surface area contributed by atoms with Gasteiger partial charge in [0.15, 0.2) is 5.65 Å². The summed E-state index contributed by atoms with van der Waals surface area (Å²) in [6.45, 7) is 1.47. The highest BCUT2D eigenvalue weighted by atomic mass is 16.5. The van der Waals surface area contributed by atoms with Crippen LogP contribution in [-0.4, -0.2) is 51.3 Å². The summed E-state index contributed by atoms with van der Waals surface area (Å²) in [5.74, 6) is 0.688. The third-order valence-corrected chi connectivity index (χ3v) is 3.15. The summed E-state index contributed by atoms with van der Waals surface area (Å²) >= 11 is 0. The van der Waals surface area contributed by atoms with Crippen LogP contribution in [0.5, 0.6) is 5.88 Å². The molecule has 0 amide bonds. The van der Waals surface area contributed by atoms with Crippen molar-refractivity contribution < 1.29 is 4.74 Å². The van der Waals surface area contributed by atoms with E-state index in [1.165, 1.54) is 12.8 Å². The number of rotatable bonds is 5. The number of nitrogens with zero attached hydrogens (tertiary/aromatic N) is 4. The Morgan fingerprint density at radius 3 is 3.11 bits per heavy atom. The second-order valence-corrected chi connectivity index (χ2v) is 4.58. The third kappa shape index (κ3) is 2.21. The second-order valence-electron chi connectivity index (χ2n) is 4.58. The number of ether oxygens (including phenoxy) is 1. The largest absolute Gasteiger partial charge is 0.476 e. The van der Waals surface area contributed by atoms with Gasteiger partial charge in [0.2, 0.25) is 11.8 Å². The zero-order valence-corrected chi connectivity index (χ0v) is 10.3. The van der Waals surface area contributed by atoms with E-state index in [1.54, 1.807) is 6.20 Å². The third-order valence-electron chi connectivity index (χ3n) is 3.15. The monoisotopic (exact) mass is 248 g/mol. The normalized spacial score (nSPS) is 15.4. The topological polar surface area (TPSA) is 93.0 Å². The Hall–Kier alpha value is -1.89. The van der Waals surface area contributed by atoms with Crippen LogP contribution in [0.4, 0.5) is 5.95 Å².